The van der Waals surface area contributed by atoms with Crippen LogP contribution in [0.25, 0.3) is 0 Å². The SMILES string of the molecule is [AlH2].[Mo].[Nb].[Ni].[Ti]. The smallest absolute Gasteiger partial charge is 0 e. The molecule has 0 atom stereocenters. The van der Waals surface area contributed by atoms with E-state index in [2.05, 4.69) is 0 Å². The summed E-state index contributed by atoms with van der Waals surface area (Å²) in [5, 5.41) is 0. The predicted molar refractivity (Wildman–Crippen MR) is 8.54 cm³/mol. The van der Waals surface area contributed by atoms with Crippen molar-refractivity contribution in [1.29, 1.82) is 0 Å². The summed E-state index contributed by atoms with van der Waals surface area (Å²) in [6.45, 7) is 0. The predicted octanol–water partition coefficient (Wildman–Crippen LogP) is -0.926. The van der Waals surface area contributed by atoms with Crippen LogP contribution in [0.4, 0.5) is 0 Å². The van der Waals surface area contributed by atoms with Gasteiger partial charge in [0, 0.05) is 81.7 Å². The Bertz CT molecular complexity index is 11.6. The van der Waals surface area contributed by atoms with E-state index in [0.717, 1.165) is 0 Å². The zero-order chi connectivity index (χ0) is 0. The second-order valence-electron chi connectivity index (χ2n) is 0. The van der Waals surface area contributed by atoms with Gasteiger partial charge >= 0.3 is 0 Å². The molecule has 2 radical (unpaired) electrons. The van der Waals surface area contributed by atoms with Crippen molar-refractivity contribution in [2.24, 2.45) is 0 Å². The third-order valence-corrected chi connectivity index (χ3v) is 0. The standard InChI is InChI=1S/Al.Mo.Nb.Ni.Ti.2H. The molecule has 0 nitrogen and oxygen atoms in total. The van der Waals surface area contributed by atoms with Crippen molar-refractivity contribution in [3.05, 3.63) is 0 Å². The Kier molecular flexibility index (Phi) is 227. The van der Waals surface area contributed by atoms with Crippen LogP contribution in [0.15, 0.2) is 0 Å². The van der Waals surface area contributed by atoms with Gasteiger partial charge in [-0.3, -0.25) is 0 Å². The minimum atomic E-state index is 0. The van der Waals surface area contributed by atoms with Crippen molar-refractivity contribution >= 4 is 17.4 Å². The maximum Gasteiger partial charge on any atom is 0.146 e. The van der Waals surface area contributed by atoms with Crippen LogP contribution < -0.4 is 0 Å². The summed E-state index contributed by atoms with van der Waals surface area (Å²) in [5.74, 6) is 0. The maximum atomic E-state index is 0. The molecule has 0 bridgehead atoms. The van der Waals surface area contributed by atoms with Gasteiger partial charge in [-0.25, -0.2) is 0 Å². The van der Waals surface area contributed by atoms with Crippen molar-refractivity contribution in [3.63, 3.8) is 0 Å². The Hall–Kier alpha value is 3.17. The normalized spacial score (nSPS) is 0. The summed E-state index contributed by atoms with van der Waals surface area (Å²) >= 11 is 0. The number of hydrogen-bond acceptors (Lipinski definition) is 0. The Labute approximate surface area is 97.3 Å². The van der Waals surface area contributed by atoms with Crippen LogP contribution in [0.2, 0.25) is 0 Å². The fourth-order valence-corrected chi connectivity index (χ4v) is 0. The molecule has 0 aliphatic rings. The molecule has 0 aromatic carbocycles. The topological polar surface area (TPSA) is 0 Å². The Morgan fingerprint density at radius 2 is 1.00 bits per heavy atom. The van der Waals surface area contributed by atoms with E-state index >= 15 is 0 Å². The summed E-state index contributed by atoms with van der Waals surface area (Å²) in [6, 6.07) is 0. The van der Waals surface area contributed by atoms with Gasteiger partial charge in [0.25, 0.3) is 0 Å². The average molecular weight is 324 g/mol. The van der Waals surface area contributed by atoms with Gasteiger partial charge in [0.2, 0.25) is 0 Å². The first-order valence-electron chi connectivity index (χ1n) is 0. The van der Waals surface area contributed by atoms with Gasteiger partial charge in [0.1, 0.15) is 17.4 Å². The van der Waals surface area contributed by atoms with Crippen LogP contribution in [0, 0.1) is 0 Å². The second-order valence-corrected chi connectivity index (χ2v) is 0. The van der Waals surface area contributed by atoms with Crippen LogP contribution in [0.1, 0.15) is 0 Å². The molecule has 0 rings (SSSR count). The Morgan fingerprint density at radius 3 is 1.00 bits per heavy atom. The minimum Gasteiger partial charge on any atom is 0 e. The van der Waals surface area contributed by atoms with E-state index in [1.165, 1.54) is 0 Å². The maximum absolute atomic E-state index is 0. The van der Waals surface area contributed by atoms with Crippen molar-refractivity contribution in [2.75, 3.05) is 0 Å². The van der Waals surface area contributed by atoms with E-state index < -0.39 is 0 Å². The first-order valence-corrected chi connectivity index (χ1v) is 0. The molecule has 0 N–H and O–H groups in total. The molecule has 0 aromatic rings. The van der Waals surface area contributed by atoms with E-state index in [-0.39, 0.29) is 99.0 Å². The van der Waals surface area contributed by atoms with Crippen LogP contribution in [-0.4, -0.2) is 17.4 Å². The van der Waals surface area contributed by atoms with Crippen LogP contribution in [-0.2, 0) is 81.7 Å². The van der Waals surface area contributed by atoms with Gasteiger partial charge in [0.15, 0.2) is 0 Å². The zero-order valence-electron chi connectivity index (χ0n) is 2.67. The van der Waals surface area contributed by atoms with Gasteiger partial charge < -0.3 is 0 Å². The molecular formula is H2AlMoNbNiTi. The third kappa shape index (κ3) is 19.1. The summed E-state index contributed by atoms with van der Waals surface area (Å²) in [5.41, 5.74) is 0. The molecule has 0 saturated carbocycles. The van der Waals surface area contributed by atoms with Gasteiger partial charge in [-0.2, -0.15) is 0 Å². The molecule has 5 heavy (non-hydrogen) atoms. The largest absolute Gasteiger partial charge is 0.146 e. The molecule has 0 amide bonds. The molecule has 0 saturated heterocycles. The van der Waals surface area contributed by atoms with Crippen LogP contribution in [0.5, 0.6) is 0 Å². The molecule has 0 fully saturated rings. The molecular weight excluding hydrogens is 322 g/mol. The first kappa shape index (κ1) is 41.8. The monoisotopic (exact) mass is 326 g/mol. The van der Waals surface area contributed by atoms with Crippen LogP contribution in [0.3, 0.4) is 0 Å². The van der Waals surface area contributed by atoms with Gasteiger partial charge in [-0.05, 0) is 0 Å². The van der Waals surface area contributed by atoms with E-state index in [1.807, 2.05) is 0 Å². The van der Waals surface area contributed by atoms with Crippen molar-refractivity contribution < 1.29 is 81.7 Å². The Balaban J connectivity index is 0. The quantitative estimate of drug-likeness (QED) is 0.506. The zero-order valence-corrected chi connectivity index (χ0v) is 11.4. The average Bonchev–Trinajstić information content (AvgIpc) is 0. The van der Waals surface area contributed by atoms with Crippen molar-refractivity contribution in [1.82, 2.24) is 0 Å². The van der Waals surface area contributed by atoms with E-state index in [4.69, 9.17) is 0 Å². The number of hydrogen-bond donors (Lipinski definition) is 0. The van der Waals surface area contributed by atoms with E-state index in [0.29, 0.717) is 0 Å². The van der Waals surface area contributed by atoms with Crippen LogP contribution >= 0.6 is 0 Å². The first-order chi connectivity index (χ1) is 0. The molecule has 0 aliphatic carbocycles. The molecule has 0 heterocycles. The second kappa shape index (κ2) is 27.2. The third-order valence-electron chi connectivity index (χ3n) is 0. The van der Waals surface area contributed by atoms with E-state index in [9.17, 15) is 0 Å². The summed E-state index contributed by atoms with van der Waals surface area (Å²) < 4.78 is 0. The van der Waals surface area contributed by atoms with Gasteiger partial charge in [-0.15, -0.1) is 0 Å². The summed E-state index contributed by atoms with van der Waals surface area (Å²) in [7, 11) is 0. The molecule has 0 unspecified atom stereocenters. The summed E-state index contributed by atoms with van der Waals surface area (Å²) in [6.07, 6.45) is 0. The fraction of sp³-hybridized carbons (Fsp3) is 0. The van der Waals surface area contributed by atoms with E-state index in [1.54, 1.807) is 0 Å². The summed E-state index contributed by atoms with van der Waals surface area (Å²) in [4.78, 5) is 0. The fourth-order valence-electron chi connectivity index (χ4n) is 0. The van der Waals surface area contributed by atoms with Crippen molar-refractivity contribution in [3.8, 4) is 0 Å². The molecule has 5 heteroatoms. The molecule has 0 spiro atoms. The van der Waals surface area contributed by atoms with Crippen molar-refractivity contribution in [2.45, 2.75) is 0 Å². The molecule has 0 aromatic heterocycles. The van der Waals surface area contributed by atoms with Gasteiger partial charge in [0.05, 0.1) is 0 Å². The molecule has 0 aliphatic heterocycles. The van der Waals surface area contributed by atoms with Gasteiger partial charge in [-0.1, -0.05) is 0 Å². The minimum absolute atomic E-state index is 0. The molecule has 30 valence electrons. The Morgan fingerprint density at radius 1 is 1.00 bits per heavy atom. The number of rotatable bonds is 0.